The molecule has 10 heteroatoms. The normalized spacial score (nSPS) is 11.7. The number of H-pyrrole nitrogens is 2. The quantitative estimate of drug-likeness (QED) is 0.307. The highest BCUT2D eigenvalue weighted by atomic mass is 32.1. The maximum absolute atomic E-state index is 13.7. The van der Waals surface area contributed by atoms with Crippen LogP contribution in [0, 0.1) is 5.13 Å². The molecule has 6 heterocycles. The van der Waals surface area contributed by atoms with E-state index in [0.717, 1.165) is 61.7 Å². The number of rotatable bonds is 7. The van der Waals surface area contributed by atoms with E-state index < -0.39 is 0 Å². The van der Waals surface area contributed by atoms with Crippen molar-refractivity contribution in [2.45, 2.75) is 0 Å². The third kappa shape index (κ3) is 4.21. The third-order valence-corrected chi connectivity index (χ3v) is 6.76. The Morgan fingerprint density at radius 1 is 1.08 bits per heavy atom. The highest BCUT2D eigenvalue weighted by molar-refractivity contribution is 7.14. The van der Waals surface area contributed by atoms with E-state index in [1.165, 1.54) is 6.07 Å². The number of nitrogens with one attached hydrogen (secondary N) is 2. The van der Waals surface area contributed by atoms with Crippen molar-refractivity contribution < 1.29 is 9.13 Å². The summed E-state index contributed by atoms with van der Waals surface area (Å²) < 4.78 is 19.5. The van der Waals surface area contributed by atoms with E-state index in [4.69, 9.17) is 9.72 Å². The van der Waals surface area contributed by atoms with Crippen LogP contribution in [0.25, 0.3) is 55.2 Å². The van der Waals surface area contributed by atoms with Gasteiger partial charge in [-0.15, -0.1) is 11.3 Å². The Labute approximate surface area is 209 Å². The van der Waals surface area contributed by atoms with Crippen molar-refractivity contribution in [3.63, 3.8) is 0 Å². The van der Waals surface area contributed by atoms with Crippen LogP contribution in [0.4, 0.5) is 4.39 Å². The molecule has 0 unspecified atom stereocenters. The molecule has 0 aromatic carbocycles. The Morgan fingerprint density at radius 2 is 2.00 bits per heavy atom. The smallest absolute Gasteiger partial charge is 0.176 e. The summed E-state index contributed by atoms with van der Waals surface area (Å²) in [5, 5.41) is 8.27. The molecule has 0 aliphatic rings. The fraction of sp³-hybridized carbons (Fsp3) is 0.154. The SMILES string of the molecule is CN(C)CCOc1cncc(-c2ccc3[nH]nc(-c4cc5c(-c6ccc(F)s6)ccnc5[nH]4)c3n2)c1. The highest BCUT2D eigenvalue weighted by Crippen LogP contribution is 2.35. The third-order valence-electron chi connectivity index (χ3n) is 5.85. The molecule has 6 rings (SSSR count). The lowest BCUT2D eigenvalue weighted by atomic mass is 10.1. The summed E-state index contributed by atoms with van der Waals surface area (Å²) in [6, 6.07) is 13.0. The monoisotopic (exact) mass is 499 g/mol. The molecule has 0 saturated carbocycles. The van der Waals surface area contributed by atoms with Crippen LogP contribution in [0.3, 0.4) is 0 Å². The minimum atomic E-state index is -0.220. The number of hydrogen-bond acceptors (Lipinski definition) is 7. The van der Waals surface area contributed by atoms with Crippen molar-refractivity contribution in [3.8, 4) is 38.8 Å². The molecular weight excluding hydrogens is 477 g/mol. The zero-order valence-corrected chi connectivity index (χ0v) is 20.4. The van der Waals surface area contributed by atoms with Gasteiger partial charge < -0.3 is 14.6 Å². The number of thiophene rings is 1. The van der Waals surface area contributed by atoms with Crippen LogP contribution in [0.1, 0.15) is 0 Å². The Balaban J connectivity index is 1.37. The Kier molecular flexibility index (Phi) is 5.67. The number of nitrogens with zero attached hydrogens (tertiary/aromatic N) is 5. The molecule has 0 atom stereocenters. The van der Waals surface area contributed by atoms with Crippen molar-refractivity contribution >= 4 is 33.4 Å². The first kappa shape index (κ1) is 22.3. The molecule has 36 heavy (non-hydrogen) atoms. The first-order valence-corrected chi connectivity index (χ1v) is 12.2. The van der Waals surface area contributed by atoms with Crippen LogP contribution in [-0.4, -0.2) is 62.3 Å². The Morgan fingerprint density at radius 3 is 2.83 bits per heavy atom. The number of halogens is 1. The van der Waals surface area contributed by atoms with Crippen molar-refractivity contribution in [3.05, 3.63) is 66.2 Å². The molecule has 0 spiro atoms. The molecule has 0 amide bonds. The minimum Gasteiger partial charge on any atom is -0.491 e. The summed E-state index contributed by atoms with van der Waals surface area (Å²) in [6.45, 7) is 1.39. The van der Waals surface area contributed by atoms with Gasteiger partial charge in [0.25, 0.3) is 0 Å². The zero-order chi connectivity index (χ0) is 24.6. The maximum Gasteiger partial charge on any atom is 0.176 e. The van der Waals surface area contributed by atoms with Crippen LogP contribution in [0.2, 0.25) is 0 Å². The summed E-state index contributed by atoms with van der Waals surface area (Å²) in [5.41, 5.74) is 6.23. The number of ether oxygens (including phenoxy) is 1. The number of fused-ring (bicyclic) bond motifs is 2. The molecule has 0 saturated heterocycles. The van der Waals surface area contributed by atoms with Gasteiger partial charge in [-0.2, -0.15) is 9.49 Å². The largest absolute Gasteiger partial charge is 0.491 e. The van der Waals surface area contributed by atoms with Crippen LogP contribution in [0.5, 0.6) is 5.75 Å². The first-order chi connectivity index (χ1) is 17.5. The van der Waals surface area contributed by atoms with E-state index in [-0.39, 0.29) is 5.13 Å². The number of hydrogen-bond donors (Lipinski definition) is 2. The van der Waals surface area contributed by atoms with E-state index in [0.29, 0.717) is 23.7 Å². The first-order valence-electron chi connectivity index (χ1n) is 11.4. The summed E-state index contributed by atoms with van der Waals surface area (Å²) in [6.07, 6.45) is 5.19. The Hall–Kier alpha value is -4.15. The van der Waals surface area contributed by atoms with E-state index in [1.54, 1.807) is 24.7 Å². The van der Waals surface area contributed by atoms with Crippen LogP contribution in [-0.2, 0) is 0 Å². The Bertz CT molecular complexity index is 1690. The van der Waals surface area contributed by atoms with Gasteiger partial charge in [0.15, 0.2) is 5.13 Å². The fourth-order valence-electron chi connectivity index (χ4n) is 4.06. The molecule has 6 aromatic rings. The van der Waals surface area contributed by atoms with Crippen molar-refractivity contribution in [2.24, 2.45) is 0 Å². The van der Waals surface area contributed by atoms with E-state index in [2.05, 4.69) is 30.0 Å². The lowest BCUT2D eigenvalue weighted by molar-refractivity contribution is 0.261. The topological polar surface area (TPSA) is 95.6 Å². The number of aromatic nitrogens is 6. The highest BCUT2D eigenvalue weighted by Gasteiger charge is 2.17. The molecule has 2 N–H and O–H groups in total. The average Bonchev–Trinajstić information content (AvgIpc) is 3.61. The molecule has 8 nitrogen and oxygen atoms in total. The molecule has 0 aliphatic heterocycles. The fourth-order valence-corrected chi connectivity index (χ4v) is 4.83. The van der Waals surface area contributed by atoms with E-state index in [1.807, 2.05) is 44.4 Å². The molecular formula is C26H22FN7OS. The summed E-state index contributed by atoms with van der Waals surface area (Å²) >= 11 is 1.11. The van der Waals surface area contributed by atoms with E-state index >= 15 is 0 Å². The van der Waals surface area contributed by atoms with Crippen molar-refractivity contribution in [2.75, 3.05) is 27.2 Å². The predicted molar refractivity (Wildman–Crippen MR) is 140 cm³/mol. The van der Waals surface area contributed by atoms with Gasteiger partial charge in [-0.1, -0.05) is 0 Å². The van der Waals surface area contributed by atoms with Gasteiger partial charge in [-0.3, -0.25) is 10.1 Å². The molecule has 0 fully saturated rings. The molecule has 0 bridgehead atoms. The minimum absolute atomic E-state index is 0.220. The van der Waals surface area contributed by atoms with Gasteiger partial charge in [0, 0.05) is 40.3 Å². The van der Waals surface area contributed by atoms with Crippen molar-refractivity contribution in [1.82, 2.24) is 35.0 Å². The van der Waals surface area contributed by atoms with Gasteiger partial charge in [0.1, 0.15) is 29.2 Å². The second-order valence-electron chi connectivity index (χ2n) is 8.63. The van der Waals surface area contributed by atoms with Gasteiger partial charge in [-0.25, -0.2) is 9.97 Å². The summed E-state index contributed by atoms with van der Waals surface area (Å²) in [7, 11) is 4.01. The molecule has 180 valence electrons. The van der Waals surface area contributed by atoms with Gasteiger partial charge in [-0.05, 0) is 56.6 Å². The average molecular weight is 500 g/mol. The van der Waals surface area contributed by atoms with Gasteiger partial charge >= 0.3 is 0 Å². The standard InChI is InChI=1S/C26H22FN7OS/c1-34(2)9-10-35-16-11-15(13-28-14-16)19-3-4-20-24(30-19)25(33-32-20)21-12-18-17(7-8-29-26(18)31-21)22-5-6-23(27)36-22/h3-8,11-14H,9-10H2,1-2H3,(H,29,31)(H,32,33). The predicted octanol–water partition coefficient (Wildman–Crippen LogP) is 5.37. The zero-order valence-electron chi connectivity index (χ0n) is 19.6. The van der Waals surface area contributed by atoms with Crippen LogP contribution in [0.15, 0.2) is 61.1 Å². The van der Waals surface area contributed by atoms with Crippen molar-refractivity contribution in [1.29, 1.82) is 0 Å². The maximum atomic E-state index is 13.7. The lowest BCUT2D eigenvalue weighted by Crippen LogP contribution is -2.19. The molecule has 6 aromatic heterocycles. The second kappa shape index (κ2) is 9.14. The molecule has 0 radical (unpaired) electrons. The molecule has 0 aliphatic carbocycles. The van der Waals surface area contributed by atoms with Crippen LogP contribution >= 0.6 is 11.3 Å². The second-order valence-corrected chi connectivity index (χ2v) is 9.67. The number of pyridine rings is 3. The number of aromatic amines is 2. The summed E-state index contributed by atoms with van der Waals surface area (Å²) in [4.78, 5) is 20.0. The van der Waals surface area contributed by atoms with Gasteiger partial charge in [0.05, 0.1) is 23.1 Å². The summed E-state index contributed by atoms with van der Waals surface area (Å²) in [5.74, 6) is 0.697. The number of likely N-dealkylation sites (N-methyl/N-ethyl adjacent to an activating group) is 1. The van der Waals surface area contributed by atoms with Crippen LogP contribution < -0.4 is 4.74 Å². The van der Waals surface area contributed by atoms with Gasteiger partial charge in [0.2, 0.25) is 0 Å². The lowest BCUT2D eigenvalue weighted by Gasteiger charge is -2.11. The van der Waals surface area contributed by atoms with E-state index in [9.17, 15) is 4.39 Å².